The van der Waals surface area contributed by atoms with Gasteiger partial charge >= 0.3 is 0 Å². The van der Waals surface area contributed by atoms with Crippen LogP contribution in [0.5, 0.6) is 0 Å². The molecule has 1 aromatic carbocycles. The van der Waals surface area contributed by atoms with Gasteiger partial charge in [-0.1, -0.05) is 18.9 Å². The second kappa shape index (κ2) is 5.13. The summed E-state index contributed by atoms with van der Waals surface area (Å²) in [6, 6.07) is 5.08. The lowest BCUT2D eigenvalue weighted by Gasteiger charge is -2.31. The quantitative estimate of drug-likeness (QED) is 0.907. The smallest absolute Gasteiger partial charge is 0.240 e. The van der Waals surface area contributed by atoms with Crippen molar-refractivity contribution in [3.05, 3.63) is 36.5 Å². The number of benzene rings is 1. The number of nitrogens with two attached hydrogens (primary N) is 1. The molecule has 0 aromatic heterocycles. The van der Waals surface area contributed by atoms with Gasteiger partial charge in [0.05, 0.1) is 5.41 Å². The van der Waals surface area contributed by atoms with Crippen molar-refractivity contribution < 1.29 is 14.0 Å². The van der Waals surface area contributed by atoms with E-state index in [1.165, 1.54) is 23.1 Å². The molecule has 3 rings (SSSR count). The summed E-state index contributed by atoms with van der Waals surface area (Å²) in [7, 11) is 0. The van der Waals surface area contributed by atoms with Crippen molar-refractivity contribution in [3.8, 4) is 0 Å². The van der Waals surface area contributed by atoms with E-state index >= 15 is 0 Å². The molecule has 1 aromatic rings. The first-order valence-corrected chi connectivity index (χ1v) is 7.24. The Morgan fingerprint density at radius 3 is 2.86 bits per heavy atom. The van der Waals surface area contributed by atoms with Crippen molar-refractivity contribution in [2.75, 3.05) is 4.90 Å². The number of carbonyl (C=O) groups is 2. The van der Waals surface area contributed by atoms with Gasteiger partial charge in [-0.05, 0) is 43.9 Å². The second-order valence-electron chi connectivity index (χ2n) is 5.94. The van der Waals surface area contributed by atoms with Gasteiger partial charge in [-0.3, -0.25) is 14.5 Å². The molecule has 4 nitrogen and oxygen atoms in total. The van der Waals surface area contributed by atoms with Crippen LogP contribution in [0, 0.1) is 17.7 Å². The zero-order chi connectivity index (χ0) is 15.0. The number of carbonyl (C=O) groups excluding carboxylic acids is 2. The van der Waals surface area contributed by atoms with E-state index in [0.29, 0.717) is 18.5 Å². The Morgan fingerprint density at radius 1 is 1.43 bits per heavy atom. The third kappa shape index (κ3) is 2.30. The van der Waals surface area contributed by atoms with Crippen LogP contribution in [0.1, 0.15) is 32.1 Å². The number of primary amides is 1. The number of amides is 2. The number of hydrogen-bond donors (Lipinski definition) is 1. The number of nitrogens with zero attached hydrogens (tertiary/aromatic N) is 1. The van der Waals surface area contributed by atoms with Crippen LogP contribution in [0.15, 0.2) is 24.3 Å². The zero-order valence-corrected chi connectivity index (χ0v) is 11.7. The van der Waals surface area contributed by atoms with Gasteiger partial charge in [0, 0.05) is 5.69 Å². The van der Waals surface area contributed by atoms with Crippen LogP contribution < -0.4 is 10.6 Å². The first-order valence-electron chi connectivity index (χ1n) is 7.24. The van der Waals surface area contributed by atoms with E-state index in [0.717, 1.165) is 19.3 Å². The van der Waals surface area contributed by atoms with Gasteiger partial charge in [0.25, 0.3) is 0 Å². The van der Waals surface area contributed by atoms with Crippen molar-refractivity contribution >= 4 is 17.5 Å². The van der Waals surface area contributed by atoms with Gasteiger partial charge in [-0.2, -0.15) is 0 Å². The Bertz CT molecular complexity index is 581. The first kappa shape index (κ1) is 14.0. The maximum atomic E-state index is 13.4. The lowest BCUT2D eigenvalue weighted by molar-refractivity contribution is -0.126. The predicted octanol–water partition coefficient (Wildman–Crippen LogP) is 2.18. The third-order valence-electron chi connectivity index (χ3n) is 4.58. The molecule has 2 fully saturated rings. The average molecular weight is 289 g/mol. The van der Waals surface area contributed by atoms with E-state index in [2.05, 4.69) is 6.42 Å². The molecule has 1 heterocycles. The van der Waals surface area contributed by atoms with Crippen LogP contribution in [0.3, 0.4) is 0 Å². The van der Waals surface area contributed by atoms with Gasteiger partial charge in [0.15, 0.2) is 0 Å². The molecule has 111 valence electrons. The summed E-state index contributed by atoms with van der Waals surface area (Å²) in [5.74, 6) is -1.07. The van der Waals surface area contributed by atoms with Crippen molar-refractivity contribution in [3.63, 3.8) is 0 Å². The molecule has 2 aliphatic rings. The molecule has 1 saturated heterocycles. The zero-order valence-electron chi connectivity index (χ0n) is 11.7. The summed E-state index contributed by atoms with van der Waals surface area (Å²) >= 11 is 0. The van der Waals surface area contributed by atoms with E-state index in [1.807, 2.05) is 0 Å². The highest BCUT2D eigenvalue weighted by Gasteiger charge is 2.53. The Hall–Kier alpha value is -1.91. The monoisotopic (exact) mass is 289 g/mol. The molecular formula is C16H18FN2O2. The number of hydrogen-bond acceptors (Lipinski definition) is 2. The molecule has 1 spiro atoms. The summed E-state index contributed by atoms with van der Waals surface area (Å²) in [4.78, 5) is 26.0. The highest BCUT2D eigenvalue weighted by atomic mass is 19.1. The van der Waals surface area contributed by atoms with Crippen molar-refractivity contribution in [1.29, 1.82) is 0 Å². The molecule has 2 amide bonds. The van der Waals surface area contributed by atoms with Gasteiger partial charge in [0.1, 0.15) is 11.9 Å². The Kier molecular flexibility index (Phi) is 3.43. The SMILES string of the molecule is NC(=O)C1CC2(C[CH]CCC2)C(=O)N1c1cccc(F)c1. The Labute approximate surface area is 123 Å². The van der Waals surface area contributed by atoms with Crippen molar-refractivity contribution in [2.45, 2.75) is 38.1 Å². The lowest BCUT2D eigenvalue weighted by atomic mass is 9.72. The molecule has 1 saturated carbocycles. The molecule has 5 heteroatoms. The topological polar surface area (TPSA) is 63.4 Å². The second-order valence-corrected chi connectivity index (χ2v) is 5.94. The Balaban J connectivity index is 2.00. The standard InChI is InChI=1S/C16H18FN2O2/c17-11-5-4-6-12(9-11)19-13(14(18)20)10-16(15(19)21)7-2-1-3-8-16/h2,4-6,9,13H,1,3,7-8,10H2,(H2,18,20). The van der Waals surface area contributed by atoms with E-state index in [1.54, 1.807) is 6.07 Å². The molecule has 1 aliphatic heterocycles. The lowest BCUT2D eigenvalue weighted by Crippen LogP contribution is -2.43. The molecule has 2 unspecified atom stereocenters. The van der Waals surface area contributed by atoms with Crippen molar-refractivity contribution in [2.24, 2.45) is 11.1 Å². The van der Waals surface area contributed by atoms with E-state index in [4.69, 9.17) is 5.73 Å². The van der Waals surface area contributed by atoms with Gasteiger partial charge in [0.2, 0.25) is 11.8 Å². The fraction of sp³-hybridized carbons (Fsp3) is 0.438. The minimum absolute atomic E-state index is 0.104. The Morgan fingerprint density at radius 2 is 2.24 bits per heavy atom. The van der Waals surface area contributed by atoms with E-state index in [-0.39, 0.29) is 5.91 Å². The molecule has 1 radical (unpaired) electrons. The highest BCUT2D eigenvalue weighted by Crippen LogP contribution is 2.48. The van der Waals surface area contributed by atoms with E-state index < -0.39 is 23.2 Å². The van der Waals surface area contributed by atoms with Crippen LogP contribution in [0.25, 0.3) is 0 Å². The van der Waals surface area contributed by atoms with Crippen LogP contribution >= 0.6 is 0 Å². The predicted molar refractivity (Wildman–Crippen MR) is 76.7 cm³/mol. The minimum Gasteiger partial charge on any atom is -0.368 e. The van der Waals surface area contributed by atoms with Crippen LogP contribution in [-0.4, -0.2) is 17.9 Å². The number of anilines is 1. The fourth-order valence-corrected chi connectivity index (χ4v) is 3.54. The van der Waals surface area contributed by atoms with Gasteiger partial charge < -0.3 is 5.73 Å². The van der Waals surface area contributed by atoms with Gasteiger partial charge in [-0.25, -0.2) is 4.39 Å². The molecule has 2 N–H and O–H groups in total. The number of halogens is 1. The maximum absolute atomic E-state index is 13.4. The molecule has 0 bridgehead atoms. The average Bonchev–Trinajstić information content (AvgIpc) is 2.74. The first-order chi connectivity index (χ1) is 10.0. The molecule has 1 aliphatic carbocycles. The molecule has 21 heavy (non-hydrogen) atoms. The summed E-state index contributed by atoms with van der Waals surface area (Å²) in [5.41, 5.74) is 5.35. The normalized spacial score (nSPS) is 24.5. The van der Waals surface area contributed by atoms with Crippen LogP contribution in [0.4, 0.5) is 10.1 Å². The van der Waals surface area contributed by atoms with Gasteiger partial charge in [-0.15, -0.1) is 0 Å². The fourth-order valence-electron chi connectivity index (χ4n) is 3.54. The summed E-state index contributed by atoms with van der Waals surface area (Å²) in [6.07, 6.45) is 5.90. The summed E-state index contributed by atoms with van der Waals surface area (Å²) in [5, 5.41) is 0. The van der Waals surface area contributed by atoms with Crippen molar-refractivity contribution in [1.82, 2.24) is 0 Å². The van der Waals surface area contributed by atoms with Crippen LogP contribution in [-0.2, 0) is 9.59 Å². The molecular weight excluding hydrogens is 271 g/mol. The largest absolute Gasteiger partial charge is 0.368 e. The maximum Gasteiger partial charge on any atom is 0.240 e. The van der Waals surface area contributed by atoms with Crippen LogP contribution in [0.2, 0.25) is 0 Å². The third-order valence-corrected chi connectivity index (χ3v) is 4.58. The summed E-state index contributed by atoms with van der Waals surface area (Å²) < 4.78 is 13.4. The molecule has 2 atom stereocenters. The summed E-state index contributed by atoms with van der Waals surface area (Å²) in [6.45, 7) is 0. The van der Waals surface area contributed by atoms with E-state index in [9.17, 15) is 14.0 Å². The highest BCUT2D eigenvalue weighted by molar-refractivity contribution is 6.06. The number of rotatable bonds is 2. The minimum atomic E-state index is -0.689.